The first-order valence-electron chi connectivity index (χ1n) is 7.81. The minimum Gasteiger partial charge on any atom is -0.507 e. The molecule has 0 fully saturated rings. The Bertz CT molecular complexity index is 1070. The van der Waals surface area contributed by atoms with Crippen molar-refractivity contribution < 1.29 is 33.7 Å². The molecule has 0 saturated carbocycles. The number of hydrogen-bond acceptors (Lipinski definition) is 7. The summed E-state index contributed by atoms with van der Waals surface area (Å²) in [7, 11) is -2.79. The van der Waals surface area contributed by atoms with Crippen LogP contribution >= 0.6 is 0 Å². The van der Waals surface area contributed by atoms with Gasteiger partial charge in [-0.05, 0) is 18.2 Å². The molecule has 0 aliphatic heterocycles. The van der Waals surface area contributed by atoms with Crippen molar-refractivity contribution in [2.75, 3.05) is 7.04 Å². The molecule has 7 nitrogen and oxygen atoms in total. The third-order valence-electron chi connectivity index (χ3n) is 3.28. The zero-order chi connectivity index (χ0) is 19.2. The molecule has 0 aliphatic rings. The molecule has 2 aromatic carbocycles. The highest BCUT2D eigenvalue weighted by atomic mass is 16.5. The number of benzene rings is 2. The highest BCUT2D eigenvalue weighted by Gasteiger charge is 2.19. The number of hydrogen-bond donors (Lipinski definition) is 4. The normalized spacial score (nSPS) is 13.3. The third kappa shape index (κ3) is 2.28. The molecule has 23 heavy (non-hydrogen) atoms. The van der Waals surface area contributed by atoms with Gasteiger partial charge < -0.3 is 29.6 Å². The first kappa shape index (κ1) is 11.2. The van der Waals surface area contributed by atoms with Crippen LogP contribution in [0.25, 0.3) is 22.3 Å². The van der Waals surface area contributed by atoms with Gasteiger partial charge in [-0.15, -0.1) is 0 Å². The largest absolute Gasteiger partial charge is 0.507 e. The van der Waals surface area contributed by atoms with Gasteiger partial charge >= 0.3 is 0 Å². The van der Waals surface area contributed by atoms with E-state index in [9.17, 15) is 25.2 Å². The fourth-order valence-corrected chi connectivity index (χ4v) is 2.18. The number of aromatic hydroxyl groups is 4. The van der Waals surface area contributed by atoms with E-state index in [0.717, 1.165) is 24.3 Å². The Hall–Kier alpha value is -3.35. The van der Waals surface area contributed by atoms with Gasteiger partial charge in [-0.2, -0.15) is 0 Å². The number of phenols is 3. The predicted molar refractivity (Wildman–Crippen MR) is 81.1 cm³/mol. The highest BCUT2D eigenvalue weighted by molar-refractivity contribution is 5.88. The van der Waals surface area contributed by atoms with E-state index in [2.05, 4.69) is 4.74 Å². The molecule has 0 unspecified atom stereocenters. The van der Waals surface area contributed by atoms with Gasteiger partial charge in [0.2, 0.25) is 11.2 Å². The third-order valence-corrected chi connectivity index (χ3v) is 3.28. The molecule has 0 bridgehead atoms. The van der Waals surface area contributed by atoms with Crippen LogP contribution in [-0.2, 0) is 0 Å². The molecule has 0 amide bonds. The first-order chi connectivity index (χ1) is 12.1. The van der Waals surface area contributed by atoms with E-state index in [-0.39, 0.29) is 28.0 Å². The molecule has 1 aromatic heterocycles. The smallest absolute Gasteiger partial charge is 0.238 e. The van der Waals surface area contributed by atoms with Crippen LogP contribution in [0.5, 0.6) is 28.7 Å². The monoisotopic (exact) mass is 319 g/mol. The van der Waals surface area contributed by atoms with Gasteiger partial charge in [0, 0.05) is 17.7 Å². The number of fused-ring (bicyclic) bond motifs is 1. The zero-order valence-electron chi connectivity index (χ0n) is 14.4. The second kappa shape index (κ2) is 5.13. The fourth-order valence-electron chi connectivity index (χ4n) is 2.18. The highest BCUT2D eigenvalue weighted by Crippen LogP contribution is 2.37. The Labute approximate surface area is 133 Å². The quantitative estimate of drug-likeness (QED) is 0.535. The Morgan fingerprint density at radius 1 is 1.04 bits per heavy atom. The summed E-state index contributed by atoms with van der Waals surface area (Å²) >= 11 is 0. The van der Waals surface area contributed by atoms with Crippen LogP contribution in [0.4, 0.5) is 0 Å². The molecule has 0 radical (unpaired) electrons. The van der Waals surface area contributed by atoms with Crippen LogP contribution in [0.1, 0.15) is 4.11 Å². The Morgan fingerprint density at radius 3 is 2.52 bits per heavy atom. The van der Waals surface area contributed by atoms with Crippen molar-refractivity contribution in [1.29, 1.82) is 0 Å². The minimum atomic E-state index is -2.79. The summed E-state index contributed by atoms with van der Waals surface area (Å²) in [5.41, 5.74) is -1.14. The standard InChI is InChI=1S/C16H12O7/c1-22-8-5-11(19)13-12(6-8)23-16(15(21)14(13)20)7-2-3-9(17)10(18)4-7/h2-6,17-19,21H,1H3/i1D3. The van der Waals surface area contributed by atoms with Crippen molar-refractivity contribution in [2.45, 2.75) is 0 Å². The second-order valence-corrected chi connectivity index (χ2v) is 4.73. The maximum atomic E-state index is 12.4. The maximum Gasteiger partial charge on any atom is 0.238 e. The molecule has 7 heteroatoms. The summed E-state index contributed by atoms with van der Waals surface area (Å²) < 4.78 is 31.4. The molecule has 1 heterocycles. The molecule has 0 aliphatic carbocycles. The van der Waals surface area contributed by atoms with Crippen LogP contribution < -0.4 is 10.2 Å². The Morgan fingerprint density at radius 2 is 1.83 bits per heavy atom. The van der Waals surface area contributed by atoms with Crippen LogP contribution in [-0.4, -0.2) is 27.5 Å². The van der Waals surface area contributed by atoms with E-state index in [0.29, 0.717) is 0 Å². The topological polar surface area (TPSA) is 120 Å². The van der Waals surface area contributed by atoms with Gasteiger partial charge in [0.05, 0.1) is 11.2 Å². The van der Waals surface area contributed by atoms with Gasteiger partial charge in [0.1, 0.15) is 22.5 Å². The van der Waals surface area contributed by atoms with Gasteiger partial charge in [0.15, 0.2) is 17.3 Å². The van der Waals surface area contributed by atoms with Crippen molar-refractivity contribution in [2.24, 2.45) is 0 Å². The van der Waals surface area contributed by atoms with Crippen molar-refractivity contribution in [3.8, 4) is 40.1 Å². The summed E-state index contributed by atoms with van der Waals surface area (Å²) in [6.45, 7) is 0. The molecular formula is C16H12O7. The summed E-state index contributed by atoms with van der Waals surface area (Å²) in [5, 5.41) is 38.7. The van der Waals surface area contributed by atoms with Crippen LogP contribution in [0.2, 0.25) is 0 Å². The first-order valence-corrected chi connectivity index (χ1v) is 6.31. The Balaban J connectivity index is 2.27. The molecule has 3 aromatic rings. The second-order valence-electron chi connectivity index (χ2n) is 4.73. The molecule has 0 saturated heterocycles. The summed E-state index contributed by atoms with van der Waals surface area (Å²) in [4.78, 5) is 12.4. The predicted octanol–water partition coefficient (Wildman–Crippen LogP) is 2.29. The molecular weight excluding hydrogens is 304 g/mol. The minimum absolute atomic E-state index is 0.0680. The Kier molecular flexibility index (Phi) is 2.51. The van der Waals surface area contributed by atoms with E-state index in [1.54, 1.807) is 0 Å². The summed E-state index contributed by atoms with van der Waals surface area (Å²) in [5.74, 6) is -3.01. The molecule has 118 valence electrons. The number of phenolic OH excluding ortho intramolecular Hbond substituents is 3. The lowest BCUT2D eigenvalue weighted by atomic mass is 10.1. The van der Waals surface area contributed by atoms with E-state index in [4.69, 9.17) is 8.53 Å². The van der Waals surface area contributed by atoms with Gasteiger partial charge in [-0.25, -0.2) is 0 Å². The fraction of sp³-hybridized carbons (Fsp3) is 0.0625. The number of rotatable bonds is 2. The van der Waals surface area contributed by atoms with Crippen LogP contribution in [0.15, 0.2) is 39.5 Å². The maximum absolute atomic E-state index is 12.4. The average molecular weight is 319 g/mol. The van der Waals surface area contributed by atoms with Crippen LogP contribution in [0, 0.1) is 0 Å². The SMILES string of the molecule is [2H]C([2H])([2H])Oc1cc(O)c2c(=O)c(O)c(-c3ccc(O)c(O)c3)oc2c1. The zero-order valence-corrected chi connectivity index (χ0v) is 11.4. The van der Waals surface area contributed by atoms with Gasteiger partial charge in [-0.3, -0.25) is 4.79 Å². The molecule has 4 N–H and O–H groups in total. The van der Waals surface area contributed by atoms with Crippen molar-refractivity contribution in [1.82, 2.24) is 0 Å². The number of methoxy groups -OCH3 is 1. The molecule has 0 spiro atoms. The number of ether oxygens (including phenoxy) is 1. The molecule has 0 atom stereocenters. The van der Waals surface area contributed by atoms with Gasteiger partial charge in [0.25, 0.3) is 0 Å². The average Bonchev–Trinajstić information content (AvgIpc) is 2.51. The van der Waals surface area contributed by atoms with Gasteiger partial charge in [-0.1, -0.05) is 0 Å². The van der Waals surface area contributed by atoms with Crippen molar-refractivity contribution in [3.05, 3.63) is 40.6 Å². The van der Waals surface area contributed by atoms with E-state index in [1.165, 1.54) is 6.07 Å². The lowest BCUT2D eigenvalue weighted by Crippen LogP contribution is -2.03. The van der Waals surface area contributed by atoms with Crippen molar-refractivity contribution in [3.63, 3.8) is 0 Å². The van der Waals surface area contributed by atoms with E-state index in [1.807, 2.05) is 0 Å². The lowest BCUT2D eigenvalue weighted by Gasteiger charge is -2.09. The van der Waals surface area contributed by atoms with E-state index >= 15 is 0 Å². The lowest BCUT2D eigenvalue weighted by molar-refractivity contribution is 0.403. The van der Waals surface area contributed by atoms with E-state index < -0.39 is 35.5 Å². The van der Waals surface area contributed by atoms with Crippen molar-refractivity contribution >= 4 is 11.0 Å². The van der Waals surface area contributed by atoms with Crippen LogP contribution in [0.3, 0.4) is 0 Å². The summed E-state index contributed by atoms with van der Waals surface area (Å²) in [6.07, 6.45) is 0. The summed E-state index contributed by atoms with van der Waals surface area (Å²) in [6, 6.07) is 5.45. The molecule has 3 rings (SSSR count).